The number of H-pyrrole nitrogens is 1. The van der Waals surface area contributed by atoms with Crippen LogP contribution in [-0.4, -0.2) is 66.8 Å². The molecule has 28 heavy (non-hydrogen) atoms. The summed E-state index contributed by atoms with van der Waals surface area (Å²) in [4.78, 5) is 57.3. The van der Waals surface area contributed by atoms with Crippen LogP contribution < -0.4 is 5.56 Å². The number of esters is 2. The van der Waals surface area contributed by atoms with E-state index in [1.54, 1.807) is 0 Å². The van der Waals surface area contributed by atoms with E-state index in [4.69, 9.17) is 14.2 Å². The SMILES string of the molecule is CC(=O)OC[C@H]1O[C@@H](n2cnc3c(=O)[nH]cnc32)[C@@](O)(C(C)=O)[C@@H]1OC(C)=O. The van der Waals surface area contributed by atoms with Crippen molar-refractivity contribution in [2.75, 3.05) is 6.61 Å². The second-order valence-electron chi connectivity index (χ2n) is 6.30. The Balaban J connectivity index is 2.11. The second-order valence-corrected chi connectivity index (χ2v) is 6.30. The normalized spacial score (nSPS) is 26.9. The molecule has 1 saturated heterocycles. The fraction of sp³-hybridized carbons (Fsp3) is 0.500. The number of carbonyl (C=O) groups excluding carboxylic acids is 3. The van der Waals surface area contributed by atoms with Gasteiger partial charge in [0.2, 0.25) is 5.60 Å². The predicted molar refractivity (Wildman–Crippen MR) is 89.9 cm³/mol. The number of imidazole rings is 1. The summed E-state index contributed by atoms with van der Waals surface area (Å²) in [5.41, 5.74) is -2.86. The number of nitrogens with one attached hydrogen (secondary N) is 1. The van der Waals surface area contributed by atoms with Crippen molar-refractivity contribution in [2.24, 2.45) is 0 Å². The lowest BCUT2D eigenvalue weighted by molar-refractivity contribution is -0.170. The average Bonchev–Trinajstić information content (AvgIpc) is 3.15. The van der Waals surface area contributed by atoms with Crippen molar-refractivity contribution in [1.82, 2.24) is 19.5 Å². The Bertz CT molecular complexity index is 998. The molecule has 2 N–H and O–H groups in total. The van der Waals surface area contributed by atoms with Gasteiger partial charge in [0.1, 0.15) is 12.7 Å². The second kappa shape index (κ2) is 7.13. The highest BCUT2D eigenvalue weighted by atomic mass is 16.6. The van der Waals surface area contributed by atoms with Gasteiger partial charge in [-0.05, 0) is 6.92 Å². The van der Waals surface area contributed by atoms with Crippen LogP contribution >= 0.6 is 0 Å². The molecule has 0 unspecified atom stereocenters. The molecule has 1 fully saturated rings. The van der Waals surface area contributed by atoms with E-state index in [0.717, 1.165) is 20.2 Å². The Kier molecular flexibility index (Phi) is 5.00. The average molecular weight is 394 g/mol. The summed E-state index contributed by atoms with van der Waals surface area (Å²) in [6.45, 7) is 2.99. The van der Waals surface area contributed by atoms with Gasteiger partial charge in [-0.2, -0.15) is 0 Å². The minimum absolute atomic E-state index is 0.0375. The van der Waals surface area contributed by atoms with Gasteiger partial charge in [0.15, 0.2) is 29.3 Å². The van der Waals surface area contributed by atoms with E-state index in [9.17, 15) is 24.3 Å². The zero-order chi connectivity index (χ0) is 20.6. The molecule has 0 bridgehead atoms. The van der Waals surface area contributed by atoms with Gasteiger partial charge in [0, 0.05) is 13.8 Å². The van der Waals surface area contributed by atoms with Crippen LogP contribution in [-0.2, 0) is 28.6 Å². The smallest absolute Gasteiger partial charge is 0.303 e. The third kappa shape index (κ3) is 3.16. The molecule has 1 aliphatic heterocycles. The fourth-order valence-electron chi connectivity index (χ4n) is 3.12. The highest BCUT2D eigenvalue weighted by molar-refractivity contribution is 5.87. The lowest BCUT2D eigenvalue weighted by atomic mass is 9.89. The molecular weight excluding hydrogens is 376 g/mol. The Morgan fingerprint density at radius 1 is 1.29 bits per heavy atom. The molecule has 0 spiro atoms. The standard InChI is InChI=1S/C16H18N4O8/c1-7(21)16(25)12(27-9(3)23)10(4-26-8(2)22)28-15(16)20-6-19-11-13(20)17-5-18-14(11)24/h5-6,10,12,15,25H,4H2,1-3H3,(H,17,18,24)/t10-,12-,15-,16-/m1/s1. The fourth-order valence-corrected chi connectivity index (χ4v) is 3.12. The molecule has 0 aromatic carbocycles. The van der Waals surface area contributed by atoms with Gasteiger partial charge in [-0.1, -0.05) is 0 Å². The summed E-state index contributed by atoms with van der Waals surface area (Å²) in [5, 5.41) is 11.2. The molecule has 3 rings (SSSR count). The van der Waals surface area contributed by atoms with E-state index in [-0.39, 0.29) is 17.8 Å². The van der Waals surface area contributed by atoms with Crippen molar-refractivity contribution in [3.63, 3.8) is 0 Å². The molecule has 12 nitrogen and oxygen atoms in total. The third-order valence-electron chi connectivity index (χ3n) is 4.38. The number of aliphatic hydroxyl groups is 1. The maximum atomic E-state index is 12.4. The zero-order valence-electron chi connectivity index (χ0n) is 15.2. The van der Waals surface area contributed by atoms with E-state index in [1.165, 1.54) is 17.8 Å². The minimum atomic E-state index is -2.34. The first-order chi connectivity index (χ1) is 13.2. The number of ketones is 1. The van der Waals surface area contributed by atoms with Gasteiger partial charge in [-0.3, -0.25) is 23.7 Å². The lowest BCUT2D eigenvalue weighted by Gasteiger charge is -2.30. The Morgan fingerprint density at radius 3 is 2.61 bits per heavy atom. The number of Topliss-reactive ketones (excluding diaryl/α,β-unsaturated/α-hetero) is 1. The molecule has 0 amide bonds. The van der Waals surface area contributed by atoms with Crippen molar-refractivity contribution in [3.8, 4) is 0 Å². The number of nitrogens with zero attached hydrogens (tertiary/aromatic N) is 3. The van der Waals surface area contributed by atoms with Crippen molar-refractivity contribution in [3.05, 3.63) is 23.0 Å². The third-order valence-corrected chi connectivity index (χ3v) is 4.38. The van der Waals surface area contributed by atoms with Crippen molar-refractivity contribution in [2.45, 2.75) is 44.8 Å². The summed E-state index contributed by atoms with van der Waals surface area (Å²) in [6, 6.07) is 0. The maximum Gasteiger partial charge on any atom is 0.303 e. The van der Waals surface area contributed by atoms with Crippen LogP contribution in [0.1, 0.15) is 27.0 Å². The molecule has 0 saturated carbocycles. The molecule has 4 atom stereocenters. The summed E-state index contributed by atoms with van der Waals surface area (Å²) in [6.07, 6.45) is -1.75. The van der Waals surface area contributed by atoms with Gasteiger partial charge in [-0.25, -0.2) is 9.97 Å². The van der Waals surface area contributed by atoms with E-state index < -0.39 is 47.3 Å². The summed E-state index contributed by atoms with van der Waals surface area (Å²) in [5.74, 6) is -2.16. The maximum absolute atomic E-state index is 12.4. The van der Waals surface area contributed by atoms with Gasteiger partial charge in [0.25, 0.3) is 5.56 Å². The minimum Gasteiger partial charge on any atom is -0.463 e. The summed E-state index contributed by atoms with van der Waals surface area (Å²) in [7, 11) is 0. The number of hydrogen-bond donors (Lipinski definition) is 2. The number of fused-ring (bicyclic) bond motifs is 1. The van der Waals surface area contributed by atoms with Gasteiger partial charge < -0.3 is 24.3 Å². The number of aromatic nitrogens is 4. The Morgan fingerprint density at radius 2 is 2.00 bits per heavy atom. The van der Waals surface area contributed by atoms with Crippen LogP contribution in [0.2, 0.25) is 0 Å². The molecule has 150 valence electrons. The quantitative estimate of drug-likeness (QED) is 0.591. The van der Waals surface area contributed by atoms with E-state index in [0.29, 0.717) is 0 Å². The van der Waals surface area contributed by atoms with Crippen LogP contribution in [0.5, 0.6) is 0 Å². The molecule has 1 aliphatic rings. The molecule has 0 aliphatic carbocycles. The van der Waals surface area contributed by atoms with Gasteiger partial charge in [0.05, 0.1) is 12.7 Å². The first-order valence-electron chi connectivity index (χ1n) is 8.26. The number of ether oxygens (including phenoxy) is 3. The van der Waals surface area contributed by atoms with Crippen molar-refractivity contribution >= 4 is 28.9 Å². The Labute approximate surface area is 157 Å². The van der Waals surface area contributed by atoms with E-state index in [2.05, 4.69) is 15.0 Å². The predicted octanol–water partition coefficient (Wildman–Crippen LogP) is -1.17. The molecule has 2 aromatic heterocycles. The Hall–Kier alpha value is -3.12. The molecule has 2 aromatic rings. The first kappa shape index (κ1) is 19.6. The van der Waals surface area contributed by atoms with Crippen LogP contribution in [0.15, 0.2) is 17.4 Å². The zero-order valence-corrected chi connectivity index (χ0v) is 15.2. The number of aromatic amines is 1. The first-order valence-corrected chi connectivity index (χ1v) is 8.26. The van der Waals surface area contributed by atoms with Gasteiger partial charge >= 0.3 is 11.9 Å². The largest absolute Gasteiger partial charge is 0.463 e. The van der Waals surface area contributed by atoms with Crippen molar-refractivity contribution < 1.29 is 33.7 Å². The molecule has 12 heteroatoms. The van der Waals surface area contributed by atoms with Crippen LogP contribution in [0, 0.1) is 0 Å². The lowest BCUT2D eigenvalue weighted by Crippen LogP contribution is -2.54. The highest BCUT2D eigenvalue weighted by Gasteiger charge is 2.62. The number of rotatable bonds is 5. The van der Waals surface area contributed by atoms with E-state index >= 15 is 0 Å². The molecule has 3 heterocycles. The summed E-state index contributed by atoms with van der Waals surface area (Å²) < 4.78 is 17.0. The number of carbonyl (C=O) groups is 3. The van der Waals surface area contributed by atoms with Crippen LogP contribution in [0.3, 0.4) is 0 Å². The van der Waals surface area contributed by atoms with Crippen LogP contribution in [0.4, 0.5) is 0 Å². The van der Waals surface area contributed by atoms with E-state index in [1.807, 2.05) is 0 Å². The monoisotopic (exact) mass is 394 g/mol. The molecule has 0 radical (unpaired) electrons. The number of hydrogen-bond acceptors (Lipinski definition) is 10. The van der Waals surface area contributed by atoms with Gasteiger partial charge in [-0.15, -0.1) is 0 Å². The topological polar surface area (TPSA) is 163 Å². The van der Waals surface area contributed by atoms with Crippen LogP contribution in [0.25, 0.3) is 11.2 Å². The molecular formula is C16H18N4O8. The summed E-state index contributed by atoms with van der Waals surface area (Å²) >= 11 is 0. The van der Waals surface area contributed by atoms with Crippen molar-refractivity contribution in [1.29, 1.82) is 0 Å². The highest BCUT2D eigenvalue weighted by Crippen LogP contribution is 2.42.